The molecule has 1 aliphatic heterocycles. The third-order valence-electron chi connectivity index (χ3n) is 4.66. The largest absolute Gasteiger partial charge is 0.336 e. The van der Waals surface area contributed by atoms with Crippen molar-refractivity contribution in [2.75, 3.05) is 26.2 Å². The molecule has 0 N–H and O–H groups in total. The highest BCUT2D eigenvalue weighted by molar-refractivity contribution is 7.07. The van der Waals surface area contributed by atoms with Gasteiger partial charge in [0, 0.05) is 56.4 Å². The number of hydrogen-bond donors (Lipinski definition) is 0. The van der Waals surface area contributed by atoms with Crippen LogP contribution in [-0.2, 0) is 6.54 Å². The fraction of sp³-hybridized carbons (Fsp3) is 0.250. The summed E-state index contributed by atoms with van der Waals surface area (Å²) in [6.07, 6.45) is 4.01. The van der Waals surface area contributed by atoms with Crippen LogP contribution in [0.3, 0.4) is 0 Å². The minimum atomic E-state index is 0.134. The Kier molecular flexibility index (Phi) is 4.68. The zero-order valence-electron chi connectivity index (χ0n) is 14.0. The summed E-state index contributed by atoms with van der Waals surface area (Å²) in [7, 11) is 0. The monoisotopic (exact) mass is 351 g/mol. The Labute approximate surface area is 151 Å². The number of benzene rings is 1. The lowest BCUT2D eigenvalue weighted by Gasteiger charge is -2.34. The van der Waals surface area contributed by atoms with E-state index in [2.05, 4.69) is 21.7 Å². The van der Waals surface area contributed by atoms with E-state index in [1.165, 1.54) is 5.56 Å². The van der Waals surface area contributed by atoms with Gasteiger partial charge in [-0.15, -0.1) is 0 Å². The second kappa shape index (κ2) is 7.25. The van der Waals surface area contributed by atoms with E-state index in [-0.39, 0.29) is 5.91 Å². The summed E-state index contributed by atoms with van der Waals surface area (Å²) in [5.41, 5.74) is 3.20. The lowest BCUT2D eigenvalue weighted by molar-refractivity contribution is 0.0628. The Morgan fingerprint density at radius 3 is 2.32 bits per heavy atom. The summed E-state index contributed by atoms with van der Waals surface area (Å²) in [6.45, 7) is 4.44. The van der Waals surface area contributed by atoms with Crippen molar-refractivity contribution in [1.29, 1.82) is 0 Å². The van der Waals surface area contributed by atoms with E-state index in [1.807, 2.05) is 58.3 Å². The lowest BCUT2D eigenvalue weighted by atomic mass is 10.1. The third kappa shape index (κ3) is 3.67. The van der Waals surface area contributed by atoms with Crippen LogP contribution in [0.1, 0.15) is 15.9 Å². The number of piperazine rings is 1. The normalized spacial score (nSPS) is 15.4. The molecule has 3 heterocycles. The van der Waals surface area contributed by atoms with Gasteiger partial charge in [-0.25, -0.2) is 0 Å². The predicted octanol–water partition coefficient (Wildman–Crippen LogP) is 3.50. The standard InChI is InChI=1S/C20H21N3OS/c24-20(18-3-5-19(6-4-18)22-8-1-2-9-22)23-12-10-21(11-13-23)15-17-7-14-25-16-17/h1-9,14,16H,10-13,15H2. The zero-order valence-corrected chi connectivity index (χ0v) is 14.9. The molecule has 0 aliphatic carbocycles. The number of thiophene rings is 1. The first-order valence-corrected chi connectivity index (χ1v) is 9.50. The van der Waals surface area contributed by atoms with Gasteiger partial charge in [0.1, 0.15) is 0 Å². The molecule has 2 aromatic heterocycles. The molecule has 1 aliphatic rings. The maximum Gasteiger partial charge on any atom is 0.253 e. The van der Waals surface area contributed by atoms with Crippen LogP contribution in [0.5, 0.6) is 0 Å². The molecule has 25 heavy (non-hydrogen) atoms. The van der Waals surface area contributed by atoms with Crippen molar-refractivity contribution >= 4 is 17.2 Å². The highest BCUT2D eigenvalue weighted by Gasteiger charge is 2.22. The lowest BCUT2D eigenvalue weighted by Crippen LogP contribution is -2.48. The van der Waals surface area contributed by atoms with Gasteiger partial charge in [-0.1, -0.05) is 0 Å². The average molecular weight is 351 g/mol. The van der Waals surface area contributed by atoms with E-state index in [0.29, 0.717) is 0 Å². The molecule has 0 spiro atoms. The van der Waals surface area contributed by atoms with E-state index in [0.717, 1.165) is 44.0 Å². The van der Waals surface area contributed by atoms with Crippen LogP contribution < -0.4 is 0 Å². The molecular formula is C20H21N3OS. The van der Waals surface area contributed by atoms with E-state index in [9.17, 15) is 4.79 Å². The van der Waals surface area contributed by atoms with Gasteiger partial charge >= 0.3 is 0 Å². The van der Waals surface area contributed by atoms with Gasteiger partial charge in [0.25, 0.3) is 5.91 Å². The molecule has 4 nitrogen and oxygen atoms in total. The molecule has 0 bridgehead atoms. The van der Waals surface area contributed by atoms with Crippen molar-refractivity contribution in [3.8, 4) is 5.69 Å². The van der Waals surface area contributed by atoms with Crippen molar-refractivity contribution in [2.45, 2.75) is 6.54 Å². The molecule has 0 saturated carbocycles. The molecule has 4 rings (SSSR count). The van der Waals surface area contributed by atoms with Gasteiger partial charge in [0.05, 0.1) is 0 Å². The van der Waals surface area contributed by atoms with Crippen LogP contribution in [0.25, 0.3) is 5.69 Å². The van der Waals surface area contributed by atoms with Gasteiger partial charge < -0.3 is 9.47 Å². The van der Waals surface area contributed by atoms with Crippen molar-refractivity contribution in [3.05, 3.63) is 76.7 Å². The van der Waals surface area contributed by atoms with Crippen LogP contribution in [0.4, 0.5) is 0 Å². The second-order valence-corrected chi connectivity index (χ2v) is 7.12. The fourth-order valence-electron chi connectivity index (χ4n) is 3.22. The highest BCUT2D eigenvalue weighted by Crippen LogP contribution is 2.15. The van der Waals surface area contributed by atoms with Crippen LogP contribution in [0.2, 0.25) is 0 Å². The molecule has 1 saturated heterocycles. The molecule has 0 radical (unpaired) electrons. The first kappa shape index (κ1) is 16.1. The highest BCUT2D eigenvalue weighted by atomic mass is 32.1. The van der Waals surface area contributed by atoms with Crippen LogP contribution in [0.15, 0.2) is 65.6 Å². The summed E-state index contributed by atoms with van der Waals surface area (Å²) in [5, 5.41) is 4.32. The predicted molar refractivity (Wildman–Crippen MR) is 101 cm³/mol. The van der Waals surface area contributed by atoms with Crippen LogP contribution in [0, 0.1) is 0 Å². The summed E-state index contributed by atoms with van der Waals surface area (Å²) in [5.74, 6) is 0.134. The molecule has 1 aromatic carbocycles. The number of carbonyl (C=O) groups excluding carboxylic acids is 1. The Morgan fingerprint density at radius 1 is 0.960 bits per heavy atom. The zero-order chi connectivity index (χ0) is 17.1. The Balaban J connectivity index is 1.35. The summed E-state index contributed by atoms with van der Waals surface area (Å²) >= 11 is 1.74. The van der Waals surface area contributed by atoms with Crippen molar-refractivity contribution in [1.82, 2.24) is 14.4 Å². The molecule has 5 heteroatoms. The van der Waals surface area contributed by atoms with Gasteiger partial charge in [0.2, 0.25) is 0 Å². The Hall–Kier alpha value is -2.37. The number of aromatic nitrogens is 1. The number of nitrogens with zero attached hydrogens (tertiary/aromatic N) is 3. The number of carbonyl (C=O) groups is 1. The molecule has 1 amide bonds. The van der Waals surface area contributed by atoms with E-state index < -0.39 is 0 Å². The van der Waals surface area contributed by atoms with Crippen LogP contribution >= 0.6 is 11.3 Å². The van der Waals surface area contributed by atoms with Gasteiger partial charge in [-0.05, 0) is 58.8 Å². The smallest absolute Gasteiger partial charge is 0.253 e. The first-order valence-electron chi connectivity index (χ1n) is 8.56. The summed E-state index contributed by atoms with van der Waals surface area (Å²) < 4.78 is 2.04. The van der Waals surface area contributed by atoms with Gasteiger partial charge in [-0.3, -0.25) is 9.69 Å². The Morgan fingerprint density at radius 2 is 1.68 bits per heavy atom. The summed E-state index contributed by atoms with van der Waals surface area (Å²) in [4.78, 5) is 17.1. The molecule has 128 valence electrons. The van der Waals surface area contributed by atoms with E-state index in [4.69, 9.17) is 0 Å². The quantitative estimate of drug-likeness (QED) is 0.720. The molecular weight excluding hydrogens is 330 g/mol. The molecule has 1 fully saturated rings. The summed E-state index contributed by atoms with van der Waals surface area (Å²) in [6, 6.07) is 14.0. The minimum absolute atomic E-state index is 0.134. The maximum absolute atomic E-state index is 12.7. The number of hydrogen-bond acceptors (Lipinski definition) is 3. The minimum Gasteiger partial charge on any atom is -0.336 e. The molecule has 0 atom stereocenters. The van der Waals surface area contributed by atoms with Crippen molar-refractivity contribution < 1.29 is 4.79 Å². The van der Waals surface area contributed by atoms with Crippen molar-refractivity contribution in [3.63, 3.8) is 0 Å². The van der Waals surface area contributed by atoms with Gasteiger partial charge in [0.15, 0.2) is 0 Å². The maximum atomic E-state index is 12.7. The van der Waals surface area contributed by atoms with Gasteiger partial charge in [-0.2, -0.15) is 11.3 Å². The fourth-order valence-corrected chi connectivity index (χ4v) is 3.88. The third-order valence-corrected chi connectivity index (χ3v) is 5.39. The topological polar surface area (TPSA) is 28.5 Å². The average Bonchev–Trinajstić information content (AvgIpc) is 3.36. The number of rotatable bonds is 4. The first-order chi connectivity index (χ1) is 12.3. The molecule has 0 unspecified atom stereocenters. The van der Waals surface area contributed by atoms with Crippen LogP contribution in [-0.4, -0.2) is 46.5 Å². The number of amides is 1. The van der Waals surface area contributed by atoms with Crippen molar-refractivity contribution in [2.24, 2.45) is 0 Å². The Bertz CT molecular complexity index is 801. The second-order valence-electron chi connectivity index (χ2n) is 6.34. The molecule has 3 aromatic rings. The SMILES string of the molecule is O=C(c1ccc(-n2cccc2)cc1)N1CCN(Cc2ccsc2)CC1. The van der Waals surface area contributed by atoms with E-state index in [1.54, 1.807) is 11.3 Å². The van der Waals surface area contributed by atoms with E-state index >= 15 is 0 Å².